The predicted octanol–water partition coefficient (Wildman–Crippen LogP) is 0.931. The molecule has 0 saturated carbocycles. The van der Waals surface area contributed by atoms with E-state index in [1.165, 1.54) is 6.92 Å². The van der Waals surface area contributed by atoms with Crippen LogP contribution in [0.2, 0.25) is 0 Å². The molecule has 0 rings (SSSR count). The zero-order valence-corrected chi connectivity index (χ0v) is 10.1. The van der Waals surface area contributed by atoms with Crippen LogP contribution in [0.3, 0.4) is 0 Å². The lowest BCUT2D eigenvalue weighted by atomic mass is 9.94. The van der Waals surface area contributed by atoms with Crippen LogP contribution in [0.25, 0.3) is 0 Å². The fourth-order valence-corrected chi connectivity index (χ4v) is 2.17. The summed E-state index contributed by atoms with van der Waals surface area (Å²) in [5.41, 5.74) is -0.00895. The number of rotatable bonds is 5. The lowest BCUT2D eigenvalue weighted by Gasteiger charge is -2.17. The first-order valence-electron chi connectivity index (χ1n) is 4.59. The van der Waals surface area contributed by atoms with E-state index in [0.717, 1.165) is 0 Å². The van der Waals surface area contributed by atoms with Crippen molar-refractivity contribution in [2.24, 2.45) is 5.41 Å². The summed E-state index contributed by atoms with van der Waals surface area (Å²) in [6.45, 7) is 7.19. The highest BCUT2D eigenvalue weighted by Crippen LogP contribution is 2.18. The number of nitrogens with one attached hydrogen (secondary N) is 1. The van der Waals surface area contributed by atoms with Crippen LogP contribution in [0.5, 0.6) is 0 Å². The summed E-state index contributed by atoms with van der Waals surface area (Å²) in [5.74, 6) is -0.103. The average molecular weight is 221 g/mol. The molecule has 0 aliphatic carbocycles. The third-order valence-electron chi connectivity index (χ3n) is 1.66. The Morgan fingerprint density at radius 1 is 1.29 bits per heavy atom. The summed E-state index contributed by atoms with van der Waals surface area (Å²) in [7, 11) is -3.28. The van der Waals surface area contributed by atoms with Crippen LogP contribution in [0.15, 0.2) is 0 Å². The van der Waals surface area contributed by atoms with Crippen LogP contribution in [0.4, 0.5) is 0 Å². The zero-order chi connectivity index (χ0) is 11.4. The number of sulfonamides is 1. The molecule has 0 fully saturated rings. The van der Waals surface area contributed by atoms with Crippen LogP contribution < -0.4 is 4.72 Å². The highest BCUT2D eigenvalue weighted by atomic mass is 32.2. The topological polar surface area (TPSA) is 63.2 Å². The molecule has 0 spiro atoms. The molecule has 0 amide bonds. The van der Waals surface area contributed by atoms with Crippen molar-refractivity contribution >= 4 is 15.8 Å². The van der Waals surface area contributed by atoms with E-state index in [1.807, 2.05) is 20.8 Å². The molecule has 0 saturated heterocycles. The van der Waals surface area contributed by atoms with Gasteiger partial charge in [0, 0.05) is 0 Å². The number of hydrogen-bond donors (Lipinski definition) is 1. The van der Waals surface area contributed by atoms with E-state index >= 15 is 0 Å². The minimum atomic E-state index is -3.28. The van der Waals surface area contributed by atoms with Crippen molar-refractivity contribution in [3.05, 3.63) is 0 Å². The number of ketones is 1. The van der Waals surface area contributed by atoms with Gasteiger partial charge in [0.05, 0.1) is 12.3 Å². The molecule has 0 aromatic rings. The Kier molecular flexibility index (Phi) is 4.74. The first-order valence-corrected chi connectivity index (χ1v) is 6.24. The molecule has 0 heterocycles. The van der Waals surface area contributed by atoms with E-state index in [2.05, 4.69) is 4.72 Å². The Hall–Kier alpha value is -0.420. The normalized spacial score (nSPS) is 12.9. The maximum Gasteiger partial charge on any atom is 0.212 e. The van der Waals surface area contributed by atoms with Gasteiger partial charge in [-0.05, 0) is 18.8 Å². The molecule has 84 valence electrons. The van der Waals surface area contributed by atoms with Crippen molar-refractivity contribution in [1.82, 2.24) is 4.72 Å². The molecule has 1 N–H and O–H groups in total. The minimum absolute atomic E-state index is 0.00895. The lowest BCUT2D eigenvalue weighted by Crippen LogP contribution is -2.31. The number of Topliss-reactive ketones (excluding diaryl/α,β-unsaturated/α-hetero) is 1. The van der Waals surface area contributed by atoms with Crippen molar-refractivity contribution in [3.8, 4) is 0 Å². The van der Waals surface area contributed by atoms with E-state index in [4.69, 9.17) is 0 Å². The Balaban J connectivity index is 4.03. The molecule has 0 bridgehead atoms. The fourth-order valence-electron chi connectivity index (χ4n) is 0.724. The third kappa shape index (κ3) is 8.19. The molecule has 5 heteroatoms. The Morgan fingerprint density at radius 2 is 1.79 bits per heavy atom. The van der Waals surface area contributed by atoms with Crippen LogP contribution in [0.1, 0.15) is 34.1 Å². The van der Waals surface area contributed by atoms with Gasteiger partial charge < -0.3 is 0 Å². The second kappa shape index (κ2) is 4.89. The van der Waals surface area contributed by atoms with Crippen LogP contribution in [-0.2, 0) is 14.8 Å². The zero-order valence-electron chi connectivity index (χ0n) is 9.25. The molecule has 0 aliphatic rings. The fraction of sp³-hybridized carbons (Fsp3) is 0.889. The van der Waals surface area contributed by atoms with Crippen LogP contribution >= 0.6 is 0 Å². The summed E-state index contributed by atoms with van der Waals surface area (Å²) in [4.78, 5) is 10.6. The summed E-state index contributed by atoms with van der Waals surface area (Å²) in [6, 6.07) is 0. The van der Waals surface area contributed by atoms with E-state index in [-0.39, 0.29) is 23.5 Å². The summed E-state index contributed by atoms with van der Waals surface area (Å²) < 4.78 is 24.9. The smallest absolute Gasteiger partial charge is 0.212 e. The number of hydrogen-bond acceptors (Lipinski definition) is 3. The first kappa shape index (κ1) is 13.6. The largest absolute Gasteiger partial charge is 0.299 e. The SMILES string of the molecule is CC(=O)CNS(=O)(=O)CCC(C)(C)C. The lowest BCUT2D eigenvalue weighted by molar-refractivity contribution is -0.115. The average Bonchev–Trinajstić information content (AvgIpc) is 1.97. The van der Waals surface area contributed by atoms with Gasteiger partial charge >= 0.3 is 0 Å². The van der Waals surface area contributed by atoms with Gasteiger partial charge in [-0.15, -0.1) is 0 Å². The van der Waals surface area contributed by atoms with Crippen molar-refractivity contribution in [1.29, 1.82) is 0 Å². The van der Waals surface area contributed by atoms with Gasteiger partial charge in [0.15, 0.2) is 0 Å². The van der Waals surface area contributed by atoms with E-state index in [1.54, 1.807) is 0 Å². The van der Waals surface area contributed by atoms with Crippen LogP contribution in [0, 0.1) is 5.41 Å². The molecular weight excluding hydrogens is 202 g/mol. The molecule has 0 aromatic carbocycles. The van der Waals surface area contributed by atoms with Crippen molar-refractivity contribution in [3.63, 3.8) is 0 Å². The molecule has 0 atom stereocenters. The van der Waals surface area contributed by atoms with Gasteiger partial charge in [-0.1, -0.05) is 20.8 Å². The van der Waals surface area contributed by atoms with Gasteiger partial charge in [0.1, 0.15) is 5.78 Å². The maximum atomic E-state index is 11.3. The number of carbonyl (C=O) groups excluding carboxylic acids is 1. The molecule has 0 radical (unpaired) electrons. The Labute approximate surface area is 86.1 Å². The second-order valence-corrected chi connectivity index (χ2v) is 6.58. The van der Waals surface area contributed by atoms with Gasteiger partial charge in [0.25, 0.3) is 0 Å². The standard InChI is InChI=1S/C9H19NO3S/c1-8(11)7-10-14(12,13)6-5-9(2,3)4/h10H,5-7H2,1-4H3. The molecule has 14 heavy (non-hydrogen) atoms. The van der Waals surface area contributed by atoms with Gasteiger partial charge in [-0.2, -0.15) is 0 Å². The van der Waals surface area contributed by atoms with Gasteiger partial charge in [-0.25, -0.2) is 13.1 Å². The quantitative estimate of drug-likeness (QED) is 0.751. The molecule has 0 aliphatic heterocycles. The highest BCUT2D eigenvalue weighted by molar-refractivity contribution is 7.89. The summed E-state index contributed by atoms with van der Waals surface area (Å²) >= 11 is 0. The minimum Gasteiger partial charge on any atom is -0.299 e. The molecule has 4 nitrogen and oxygen atoms in total. The van der Waals surface area contributed by atoms with Crippen molar-refractivity contribution in [2.45, 2.75) is 34.1 Å². The summed E-state index contributed by atoms with van der Waals surface area (Å²) in [5, 5.41) is 0. The van der Waals surface area contributed by atoms with Crippen molar-refractivity contribution in [2.75, 3.05) is 12.3 Å². The summed E-state index contributed by atoms with van der Waals surface area (Å²) in [6.07, 6.45) is 0.584. The second-order valence-electron chi connectivity index (χ2n) is 4.65. The highest BCUT2D eigenvalue weighted by Gasteiger charge is 2.17. The van der Waals surface area contributed by atoms with E-state index in [0.29, 0.717) is 6.42 Å². The van der Waals surface area contributed by atoms with Gasteiger partial charge in [-0.3, -0.25) is 4.79 Å². The maximum absolute atomic E-state index is 11.3. The Bertz CT molecular complexity index is 288. The van der Waals surface area contributed by atoms with E-state index in [9.17, 15) is 13.2 Å². The third-order valence-corrected chi connectivity index (χ3v) is 2.99. The molecule has 0 aromatic heterocycles. The van der Waals surface area contributed by atoms with Crippen molar-refractivity contribution < 1.29 is 13.2 Å². The number of carbonyl (C=O) groups is 1. The van der Waals surface area contributed by atoms with Gasteiger partial charge in [0.2, 0.25) is 10.0 Å². The Morgan fingerprint density at radius 3 is 2.14 bits per heavy atom. The molecular formula is C9H19NO3S. The monoisotopic (exact) mass is 221 g/mol. The molecule has 0 unspecified atom stereocenters. The first-order chi connectivity index (χ1) is 6.12. The predicted molar refractivity (Wildman–Crippen MR) is 56.5 cm³/mol. The van der Waals surface area contributed by atoms with Crippen LogP contribution in [-0.4, -0.2) is 26.5 Å². The van der Waals surface area contributed by atoms with E-state index < -0.39 is 10.0 Å².